The fourth-order valence-corrected chi connectivity index (χ4v) is 1.44. The van der Waals surface area contributed by atoms with Crippen LogP contribution in [-0.4, -0.2) is 29.1 Å². The van der Waals surface area contributed by atoms with Gasteiger partial charge in [0, 0.05) is 19.3 Å². The highest BCUT2D eigenvalue weighted by atomic mass is 16.4. The molecule has 1 N–H and O–H groups in total. The average molecular weight is 208 g/mol. The van der Waals surface area contributed by atoms with Crippen LogP contribution in [0.5, 0.6) is 0 Å². The molecular weight excluding hydrogens is 192 g/mol. The molecule has 1 heterocycles. The van der Waals surface area contributed by atoms with Crippen molar-refractivity contribution in [3.8, 4) is 0 Å². The normalized spacial score (nSPS) is 12.2. The van der Waals surface area contributed by atoms with Crippen molar-refractivity contribution in [2.75, 3.05) is 11.9 Å². The molecule has 1 unspecified atom stereocenters. The van der Waals surface area contributed by atoms with E-state index in [4.69, 9.17) is 5.11 Å². The molecule has 15 heavy (non-hydrogen) atoms. The van der Waals surface area contributed by atoms with Crippen LogP contribution < -0.4 is 4.90 Å². The minimum absolute atomic E-state index is 0.0592. The molecular formula is C11H16N2O2. The van der Waals surface area contributed by atoms with Crippen LogP contribution in [0.25, 0.3) is 0 Å². The third kappa shape index (κ3) is 2.94. The summed E-state index contributed by atoms with van der Waals surface area (Å²) in [6.07, 6.45) is 1.83. The molecule has 82 valence electrons. The Morgan fingerprint density at radius 3 is 2.87 bits per heavy atom. The molecule has 0 fully saturated rings. The van der Waals surface area contributed by atoms with E-state index in [0.29, 0.717) is 0 Å². The topological polar surface area (TPSA) is 53.4 Å². The molecule has 0 aromatic carbocycles. The van der Waals surface area contributed by atoms with Crippen molar-refractivity contribution in [3.05, 3.63) is 23.9 Å². The first-order valence-corrected chi connectivity index (χ1v) is 4.88. The van der Waals surface area contributed by atoms with Gasteiger partial charge in [-0.3, -0.25) is 4.79 Å². The monoisotopic (exact) mass is 208 g/mol. The Morgan fingerprint density at radius 2 is 2.33 bits per heavy atom. The Labute approximate surface area is 89.6 Å². The van der Waals surface area contributed by atoms with Crippen LogP contribution in [0.15, 0.2) is 18.3 Å². The predicted octanol–water partition coefficient (Wildman–Crippen LogP) is 1.69. The summed E-state index contributed by atoms with van der Waals surface area (Å²) in [6, 6.07) is 3.78. The Hall–Kier alpha value is -1.58. The Balaban J connectivity index is 2.80. The average Bonchev–Trinajstić information content (AvgIpc) is 2.16. The molecule has 1 atom stereocenters. The third-order valence-corrected chi connectivity index (χ3v) is 2.45. The number of carbonyl (C=O) groups is 1. The largest absolute Gasteiger partial charge is 0.481 e. The molecule has 0 saturated heterocycles. The van der Waals surface area contributed by atoms with Gasteiger partial charge in [0.15, 0.2) is 0 Å². The first-order valence-electron chi connectivity index (χ1n) is 4.88. The molecule has 0 aliphatic carbocycles. The maximum absolute atomic E-state index is 10.6. The van der Waals surface area contributed by atoms with Crippen LogP contribution in [0, 0.1) is 6.92 Å². The van der Waals surface area contributed by atoms with Gasteiger partial charge < -0.3 is 10.0 Å². The molecule has 4 heteroatoms. The van der Waals surface area contributed by atoms with Gasteiger partial charge in [-0.15, -0.1) is 0 Å². The summed E-state index contributed by atoms with van der Waals surface area (Å²) in [7, 11) is 1.86. The van der Waals surface area contributed by atoms with Crippen LogP contribution >= 0.6 is 0 Å². The van der Waals surface area contributed by atoms with Crippen molar-refractivity contribution in [2.24, 2.45) is 0 Å². The zero-order valence-corrected chi connectivity index (χ0v) is 9.27. The molecule has 1 rings (SSSR count). The van der Waals surface area contributed by atoms with Gasteiger partial charge >= 0.3 is 5.97 Å². The van der Waals surface area contributed by atoms with Gasteiger partial charge in [-0.25, -0.2) is 4.98 Å². The standard InChI is InChI=1S/C11H16N2O2/c1-8-5-4-6-12-11(8)13(3)9(2)7-10(14)15/h4-6,9H,7H2,1-3H3,(H,14,15). The lowest BCUT2D eigenvalue weighted by Crippen LogP contribution is -2.32. The van der Waals surface area contributed by atoms with E-state index in [1.54, 1.807) is 6.20 Å². The molecule has 0 spiro atoms. The molecule has 0 saturated carbocycles. The number of carboxylic acids is 1. The van der Waals surface area contributed by atoms with Gasteiger partial charge in [0.25, 0.3) is 0 Å². The van der Waals surface area contributed by atoms with Gasteiger partial charge in [0.05, 0.1) is 6.42 Å². The van der Waals surface area contributed by atoms with E-state index in [9.17, 15) is 4.79 Å². The van der Waals surface area contributed by atoms with E-state index >= 15 is 0 Å². The molecule has 4 nitrogen and oxygen atoms in total. The predicted molar refractivity (Wildman–Crippen MR) is 59.1 cm³/mol. The first kappa shape index (κ1) is 11.5. The van der Waals surface area contributed by atoms with Crippen LogP contribution in [0.3, 0.4) is 0 Å². The van der Waals surface area contributed by atoms with Crippen molar-refractivity contribution in [1.29, 1.82) is 0 Å². The summed E-state index contributed by atoms with van der Waals surface area (Å²) in [5, 5.41) is 8.70. The highest BCUT2D eigenvalue weighted by Gasteiger charge is 2.15. The lowest BCUT2D eigenvalue weighted by molar-refractivity contribution is -0.137. The second-order valence-corrected chi connectivity index (χ2v) is 3.70. The van der Waals surface area contributed by atoms with Gasteiger partial charge in [-0.2, -0.15) is 0 Å². The van der Waals surface area contributed by atoms with Crippen LogP contribution in [0.2, 0.25) is 0 Å². The Kier molecular flexibility index (Phi) is 3.66. The zero-order valence-electron chi connectivity index (χ0n) is 9.27. The Morgan fingerprint density at radius 1 is 1.67 bits per heavy atom. The van der Waals surface area contributed by atoms with Crippen LogP contribution in [0.4, 0.5) is 5.82 Å². The van der Waals surface area contributed by atoms with Crippen LogP contribution in [-0.2, 0) is 4.79 Å². The smallest absolute Gasteiger partial charge is 0.305 e. The summed E-state index contributed by atoms with van der Waals surface area (Å²) >= 11 is 0. The van der Waals surface area contributed by atoms with Crippen molar-refractivity contribution in [1.82, 2.24) is 4.98 Å². The number of carboxylic acid groups (broad SMARTS) is 1. The van der Waals surface area contributed by atoms with Crippen LogP contribution in [0.1, 0.15) is 18.9 Å². The van der Waals surface area contributed by atoms with Gasteiger partial charge in [0.2, 0.25) is 0 Å². The van der Waals surface area contributed by atoms with E-state index in [2.05, 4.69) is 4.98 Å². The van der Waals surface area contributed by atoms with E-state index in [0.717, 1.165) is 11.4 Å². The van der Waals surface area contributed by atoms with Gasteiger partial charge in [0.1, 0.15) is 5.82 Å². The van der Waals surface area contributed by atoms with Crippen molar-refractivity contribution in [3.63, 3.8) is 0 Å². The lowest BCUT2D eigenvalue weighted by atomic mass is 10.2. The number of aryl methyl sites for hydroxylation is 1. The van der Waals surface area contributed by atoms with Crippen molar-refractivity contribution in [2.45, 2.75) is 26.3 Å². The summed E-state index contributed by atoms with van der Waals surface area (Å²) < 4.78 is 0. The molecule has 0 aliphatic heterocycles. The number of rotatable bonds is 4. The number of nitrogens with zero attached hydrogens (tertiary/aromatic N) is 2. The number of anilines is 1. The highest BCUT2D eigenvalue weighted by Crippen LogP contribution is 2.17. The molecule has 0 radical (unpaired) electrons. The first-order chi connectivity index (χ1) is 7.02. The molecule has 0 amide bonds. The third-order valence-electron chi connectivity index (χ3n) is 2.45. The van der Waals surface area contributed by atoms with Gasteiger partial charge in [-0.05, 0) is 25.5 Å². The minimum atomic E-state index is -0.789. The molecule has 0 aliphatic rings. The quantitative estimate of drug-likeness (QED) is 0.818. The number of aliphatic carboxylic acids is 1. The molecule has 1 aromatic rings. The second-order valence-electron chi connectivity index (χ2n) is 3.70. The zero-order chi connectivity index (χ0) is 11.4. The van der Waals surface area contributed by atoms with E-state index in [1.165, 1.54) is 0 Å². The highest BCUT2D eigenvalue weighted by molar-refractivity contribution is 5.68. The minimum Gasteiger partial charge on any atom is -0.481 e. The second kappa shape index (κ2) is 4.77. The number of pyridine rings is 1. The number of aromatic nitrogens is 1. The summed E-state index contributed by atoms with van der Waals surface area (Å²) in [6.45, 7) is 3.84. The van der Waals surface area contributed by atoms with E-state index in [1.807, 2.05) is 37.9 Å². The maximum Gasteiger partial charge on any atom is 0.305 e. The van der Waals surface area contributed by atoms with E-state index < -0.39 is 5.97 Å². The van der Waals surface area contributed by atoms with Gasteiger partial charge in [-0.1, -0.05) is 6.07 Å². The SMILES string of the molecule is Cc1cccnc1N(C)C(C)CC(=O)O. The van der Waals surface area contributed by atoms with Crippen molar-refractivity contribution >= 4 is 11.8 Å². The number of hydrogen-bond acceptors (Lipinski definition) is 3. The fraction of sp³-hybridized carbons (Fsp3) is 0.455. The molecule has 1 aromatic heterocycles. The van der Waals surface area contributed by atoms with E-state index in [-0.39, 0.29) is 12.5 Å². The summed E-state index contributed by atoms with van der Waals surface area (Å²) in [5.41, 5.74) is 1.05. The number of hydrogen-bond donors (Lipinski definition) is 1. The summed E-state index contributed by atoms with van der Waals surface area (Å²) in [5.74, 6) is 0.0502. The summed E-state index contributed by atoms with van der Waals surface area (Å²) in [4.78, 5) is 16.7. The Bertz CT molecular complexity index is 352. The lowest BCUT2D eigenvalue weighted by Gasteiger charge is -2.25. The molecule has 0 bridgehead atoms. The van der Waals surface area contributed by atoms with Crippen molar-refractivity contribution < 1.29 is 9.90 Å². The maximum atomic E-state index is 10.6. The fourth-order valence-electron chi connectivity index (χ4n) is 1.44.